The van der Waals surface area contributed by atoms with Crippen LogP contribution in [0.4, 0.5) is 5.69 Å². The fraction of sp³-hybridized carbons (Fsp3) is 0.0833. The van der Waals surface area contributed by atoms with Crippen molar-refractivity contribution in [2.45, 2.75) is 6.92 Å². The highest BCUT2D eigenvalue weighted by Crippen LogP contribution is 2.23. The number of carbonyl (C=O) groups excluding carboxylic acids is 1. The van der Waals surface area contributed by atoms with Crippen molar-refractivity contribution in [2.75, 3.05) is 5.32 Å². The third kappa shape index (κ3) is 2.09. The third-order valence-electron chi connectivity index (χ3n) is 2.38. The minimum Gasteiger partial charge on any atom is -0.367 e. The van der Waals surface area contributed by atoms with Gasteiger partial charge in [-0.15, -0.1) is 0 Å². The van der Waals surface area contributed by atoms with Crippen molar-refractivity contribution in [3.8, 4) is 0 Å². The van der Waals surface area contributed by atoms with Crippen molar-refractivity contribution in [3.63, 3.8) is 0 Å². The molecular weight excluding hydrogens is 224 g/mol. The van der Waals surface area contributed by atoms with Crippen molar-refractivity contribution >= 4 is 23.2 Å². The lowest BCUT2D eigenvalue weighted by Crippen LogP contribution is -2.11. The molecule has 0 spiro atoms. The standard InChI is InChI=1S/C12H11ClN2O/c1-8-10(13)3-2-4-11(8)15-12(16)9-5-6-14-7-9/h2-7,14H,1H3,(H,15,16). The van der Waals surface area contributed by atoms with E-state index in [9.17, 15) is 4.79 Å². The number of benzene rings is 1. The van der Waals surface area contributed by atoms with E-state index >= 15 is 0 Å². The monoisotopic (exact) mass is 234 g/mol. The molecule has 0 aliphatic rings. The van der Waals surface area contributed by atoms with Gasteiger partial charge in [0.25, 0.3) is 5.91 Å². The highest BCUT2D eigenvalue weighted by Gasteiger charge is 2.08. The Kier molecular flexibility index (Phi) is 2.97. The van der Waals surface area contributed by atoms with Crippen LogP contribution in [-0.2, 0) is 0 Å². The van der Waals surface area contributed by atoms with E-state index in [2.05, 4.69) is 10.3 Å². The highest BCUT2D eigenvalue weighted by atomic mass is 35.5. The number of hydrogen-bond acceptors (Lipinski definition) is 1. The Morgan fingerprint density at radius 3 is 2.88 bits per heavy atom. The molecule has 0 saturated carbocycles. The van der Waals surface area contributed by atoms with E-state index < -0.39 is 0 Å². The molecule has 0 saturated heterocycles. The summed E-state index contributed by atoms with van der Waals surface area (Å²) in [6.45, 7) is 1.87. The lowest BCUT2D eigenvalue weighted by molar-refractivity contribution is 0.102. The van der Waals surface area contributed by atoms with Gasteiger partial charge in [0.15, 0.2) is 0 Å². The van der Waals surface area contributed by atoms with Crippen molar-refractivity contribution in [1.82, 2.24) is 4.98 Å². The lowest BCUT2D eigenvalue weighted by atomic mass is 10.2. The number of amides is 1. The SMILES string of the molecule is Cc1c(Cl)cccc1NC(=O)c1cc[nH]c1. The van der Waals surface area contributed by atoms with Gasteiger partial charge in [0.1, 0.15) is 0 Å². The molecule has 0 aliphatic heterocycles. The van der Waals surface area contributed by atoms with Crippen LogP contribution in [0.15, 0.2) is 36.7 Å². The maximum absolute atomic E-state index is 11.8. The largest absolute Gasteiger partial charge is 0.367 e. The first-order valence-corrected chi connectivity index (χ1v) is 5.25. The van der Waals surface area contributed by atoms with Gasteiger partial charge in [0, 0.05) is 23.1 Å². The molecule has 4 heteroatoms. The molecule has 2 rings (SSSR count). The quantitative estimate of drug-likeness (QED) is 0.823. The molecular formula is C12H11ClN2O. The lowest BCUT2D eigenvalue weighted by Gasteiger charge is -2.08. The summed E-state index contributed by atoms with van der Waals surface area (Å²) in [6.07, 6.45) is 3.36. The van der Waals surface area contributed by atoms with Crippen LogP contribution in [0.5, 0.6) is 0 Å². The second-order valence-corrected chi connectivity index (χ2v) is 3.87. The molecule has 0 bridgehead atoms. The smallest absolute Gasteiger partial charge is 0.257 e. The van der Waals surface area contributed by atoms with Gasteiger partial charge in [-0.1, -0.05) is 17.7 Å². The molecule has 0 fully saturated rings. The van der Waals surface area contributed by atoms with Crippen LogP contribution in [0.25, 0.3) is 0 Å². The molecule has 1 aromatic heterocycles. The third-order valence-corrected chi connectivity index (χ3v) is 2.79. The van der Waals surface area contributed by atoms with E-state index in [1.165, 1.54) is 0 Å². The van der Waals surface area contributed by atoms with E-state index in [0.29, 0.717) is 10.6 Å². The van der Waals surface area contributed by atoms with Crippen LogP contribution < -0.4 is 5.32 Å². The van der Waals surface area contributed by atoms with Crippen LogP contribution in [0.1, 0.15) is 15.9 Å². The maximum Gasteiger partial charge on any atom is 0.257 e. The van der Waals surface area contributed by atoms with Gasteiger partial charge >= 0.3 is 0 Å². The van der Waals surface area contributed by atoms with Crippen molar-refractivity contribution in [1.29, 1.82) is 0 Å². The molecule has 0 atom stereocenters. The summed E-state index contributed by atoms with van der Waals surface area (Å²) in [7, 11) is 0. The normalized spacial score (nSPS) is 10.1. The first-order valence-electron chi connectivity index (χ1n) is 4.88. The van der Waals surface area contributed by atoms with E-state index in [1.807, 2.05) is 19.1 Å². The molecule has 0 radical (unpaired) electrons. The first kappa shape index (κ1) is 10.8. The molecule has 1 heterocycles. The topological polar surface area (TPSA) is 44.9 Å². The van der Waals surface area contributed by atoms with E-state index in [0.717, 1.165) is 11.3 Å². The molecule has 1 amide bonds. The van der Waals surface area contributed by atoms with Crippen LogP contribution in [0.2, 0.25) is 5.02 Å². The first-order chi connectivity index (χ1) is 7.68. The Hall–Kier alpha value is -1.74. The molecule has 0 unspecified atom stereocenters. The van der Waals surface area contributed by atoms with Gasteiger partial charge in [-0.05, 0) is 30.7 Å². The zero-order valence-corrected chi connectivity index (χ0v) is 9.51. The van der Waals surface area contributed by atoms with Crippen molar-refractivity contribution in [3.05, 3.63) is 52.8 Å². The van der Waals surface area contributed by atoms with Gasteiger partial charge in [0.2, 0.25) is 0 Å². The number of hydrogen-bond donors (Lipinski definition) is 2. The molecule has 2 aromatic rings. The number of halogens is 1. The number of H-pyrrole nitrogens is 1. The second kappa shape index (κ2) is 4.41. The van der Waals surface area contributed by atoms with Crippen LogP contribution in [-0.4, -0.2) is 10.9 Å². The summed E-state index contributed by atoms with van der Waals surface area (Å²) in [5, 5.41) is 3.46. The average Bonchev–Trinajstić information content (AvgIpc) is 2.78. The molecule has 1 aromatic carbocycles. The van der Waals surface area contributed by atoms with Gasteiger partial charge in [-0.25, -0.2) is 0 Å². The van der Waals surface area contributed by atoms with E-state index in [-0.39, 0.29) is 5.91 Å². The fourth-order valence-corrected chi connectivity index (χ4v) is 1.58. The maximum atomic E-state index is 11.8. The van der Waals surface area contributed by atoms with Gasteiger partial charge in [-0.2, -0.15) is 0 Å². The van der Waals surface area contributed by atoms with Gasteiger partial charge in [0.05, 0.1) is 5.56 Å². The van der Waals surface area contributed by atoms with E-state index in [4.69, 9.17) is 11.6 Å². The molecule has 16 heavy (non-hydrogen) atoms. The van der Waals surface area contributed by atoms with Crippen LogP contribution in [0.3, 0.4) is 0 Å². The number of nitrogens with one attached hydrogen (secondary N) is 2. The number of carbonyl (C=O) groups is 1. The summed E-state index contributed by atoms with van der Waals surface area (Å²) in [5.41, 5.74) is 2.20. The zero-order valence-electron chi connectivity index (χ0n) is 8.75. The Bertz CT molecular complexity index is 506. The molecule has 2 N–H and O–H groups in total. The minimum absolute atomic E-state index is 0.147. The molecule has 0 aliphatic carbocycles. The van der Waals surface area contributed by atoms with Crippen molar-refractivity contribution in [2.24, 2.45) is 0 Å². The number of aromatic amines is 1. The minimum atomic E-state index is -0.147. The number of aromatic nitrogens is 1. The van der Waals surface area contributed by atoms with Gasteiger partial charge < -0.3 is 10.3 Å². The van der Waals surface area contributed by atoms with Crippen molar-refractivity contribution < 1.29 is 4.79 Å². The highest BCUT2D eigenvalue weighted by molar-refractivity contribution is 6.31. The zero-order chi connectivity index (χ0) is 11.5. The number of anilines is 1. The van der Waals surface area contributed by atoms with Crippen LogP contribution >= 0.6 is 11.6 Å². The fourth-order valence-electron chi connectivity index (χ4n) is 1.40. The molecule has 82 valence electrons. The Morgan fingerprint density at radius 1 is 1.38 bits per heavy atom. The van der Waals surface area contributed by atoms with Crippen LogP contribution in [0, 0.1) is 6.92 Å². The Morgan fingerprint density at radius 2 is 2.19 bits per heavy atom. The summed E-state index contributed by atoms with van der Waals surface area (Å²) >= 11 is 5.96. The predicted octanol–water partition coefficient (Wildman–Crippen LogP) is 3.23. The molecule has 3 nitrogen and oxygen atoms in total. The summed E-state index contributed by atoms with van der Waals surface area (Å²) in [5.74, 6) is -0.147. The average molecular weight is 235 g/mol. The number of rotatable bonds is 2. The second-order valence-electron chi connectivity index (χ2n) is 3.47. The summed E-state index contributed by atoms with van der Waals surface area (Å²) in [6, 6.07) is 7.14. The predicted molar refractivity (Wildman–Crippen MR) is 64.9 cm³/mol. The summed E-state index contributed by atoms with van der Waals surface area (Å²) < 4.78 is 0. The van der Waals surface area contributed by atoms with E-state index in [1.54, 1.807) is 24.5 Å². The Labute approximate surface area is 98.4 Å². The van der Waals surface area contributed by atoms with Gasteiger partial charge in [-0.3, -0.25) is 4.79 Å². The Balaban J connectivity index is 2.22. The summed E-state index contributed by atoms with van der Waals surface area (Å²) in [4.78, 5) is 14.6.